The van der Waals surface area contributed by atoms with Gasteiger partial charge in [-0.1, -0.05) is 30.3 Å². The Balaban J connectivity index is 1.97. The van der Waals surface area contributed by atoms with Crippen LogP contribution >= 0.6 is 0 Å². The molecule has 4 nitrogen and oxygen atoms in total. The van der Waals surface area contributed by atoms with Crippen molar-refractivity contribution in [1.82, 2.24) is 15.0 Å². The number of aryl methyl sites for hydroxylation is 1. The average Bonchev–Trinajstić information content (AvgIpc) is 3.02. The molecule has 3 aromatic rings. The molecule has 2 heterocycles. The molecule has 0 amide bonds. The summed E-state index contributed by atoms with van der Waals surface area (Å²) in [6.45, 7) is 6.64. The van der Waals surface area contributed by atoms with Crippen LogP contribution in [-0.2, 0) is 13.1 Å². The lowest BCUT2D eigenvalue weighted by molar-refractivity contribution is 0.374. The molecule has 4 heteroatoms. The fraction of sp³-hybridized carbons (Fsp3) is 0.312. The molecule has 0 fully saturated rings. The van der Waals surface area contributed by atoms with Crippen molar-refractivity contribution in [2.45, 2.75) is 26.9 Å². The molecule has 0 saturated carbocycles. The van der Waals surface area contributed by atoms with Gasteiger partial charge in [0.1, 0.15) is 0 Å². The third-order valence-corrected chi connectivity index (χ3v) is 3.44. The maximum Gasteiger partial charge on any atom is 0.156 e. The Morgan fingerprint density at radius 1 is 1.30 bits per heavy atom. The predicted molar refractivity (Wildman–Crippen MR) is 79.7 cm³/mol. The smallest absolute Gasteiger partial charge is 0.156 e. The second kappa shape index (κ2) is 5.51. The van der Waals surface area contributed by atoms with E-state index in [-0.39, 0.29) is 0 Å². The van der Waals surface area contributed by atoms with Crippen LogP contribution in [0.1, 0.15) is 23.9 Å². The Kier molecular flexibility index (Phi) is 3.56. The highest BCUT2D eigenvalue weighted by Crippen LogP contribution is 2.22. The zero-order chi connectivity index (χ0) is 13.9. The third kappa shape index (κ3) is 2.47. The van der Waals surface area contributed by atoms with Gasteiger partial charge in [-0.2, -0.15) is 0 Å². The van der Waals surface area contributed by atoms with Crippen molar-refractivity contribution in [3.8, 4) is 0 Å². The highest BCUT2D eigenvalue weighted by molar-refractivity contribution is 5.84. The van der Waals surface area contributed by atoms with E-state index < -0.39 is 0 Å². The second-order valence-corrected chi connectivity index (χ2v) is 5.01. The first-order valence-electron chi connectivity index (χ1n) is 6.97. The summed E-state index contributed by atoms with van der Waals surface area (Å²) in [4.78, 5) is 0. The maximum absolute atomic E-state index is 5.32. The SMILES string of the molecule is CCNCc1cn(Cc2cc(C)no2)c2ccccc12. The standard InChI is InChI=1S/C16H19N3O/c1-3-17-9-13-10-19(11-14-8-12(2)18-20-14)16-7-5-4-6-15(13)16/h4-8,10,17H,3,9,11H2,1-2H3. The van der Waals surface area contributed by atoms with Crippen molar-refractivity contribution in [3.05, 3.63) is 53.5 Å². The summed E-state index contributed by atoms with van der Waals surface area (Å²) in [5.41, 5.74) is 3.47. The van der Waals surface area contributed by atoms with Crippen LogP contribution in [0.25, 0.3) is 10.9 Å². The molecule has 0 bridgehead atoms. The zero-order valence-corrected chi connectivity index (χ0v) is 11.9. The third-order valence-electron chi connectivity index (χ3n) is 3.44. The summed E-state index contributed by atoms with van der Waals surface area (Å²) in [6, 6.07) is 10.5. The van der Waals surface area contributed by atoms with Gasteiger partial charge in [-0.3, -0.25) is 0 Å². The molecule has 0 unspecified atom stereocenters. The lowest BCUT2D eigenvalue weighted by atomic mass is 10.2. The molecule has 0 aliphatic heterocycles. The van der Waals surface area contributed by atoms with E-state index in [2.05, 4.69) is 52.4 Å². The fourth-order valence-electron chi connectivity index (χ4n) is 2.51. The van der Waals surface area contributed by atoms with E-state index in [9.17, 15) is 0 Å². The Bertz CT molecular complexity index is 711. The molecule has 1 N–H and O–H groups in total. The number of hydrogen-bond acceptors (Lipinski definition) is 3. The predicted octanol–water partition coefficient (Wildman–Crippen LogP) is 3.10. The second-order valence-electron chi connectivity index (χ2n) is 5.01. The van der Waals surface area contributed by atoms with Crippen LogP contribution < -0.4 is 5.32 Å². The van der Waals surface area contributed by atoms with Crippen LogP contribution in [0.15, 0.2) is 41.1 Å². The topological polar surface area (TPSA) is 43.0 Å². The first-order valence-corrected chi connectivity index (χ1v) is 6.97. The first kappa shape index (κ1) is 12.9. The Morgan fingerprint density at radius 2 is 2.15 bits per heavy atom. The van der Waals surface area contributed by atoms with Gasteiger partial charge in [0.05, 0.1) is 12.2 Å². The van der Waals surface area contributed by atoms with E-state index in [0.29, 0.717) is 6.54 Å². The van der Waals surface area contributed by atoms with Gasteiger partial charge in [0, 0.05) is 29.7 Å². The molecule has 2 aromatic heterocycles. The molecule has 0 radical (unpaired) electrons. The highest BCUT2D eigenvalue weighted by Gasteiger charge is 2.09. The molecule has 0 aliphatic carbocycles. The molecule has 20 heavy (non-hydrogen) atoms. The van der Waals surface area contributed by atoms with Crippen molar-refractivity contribution in [2.75, 3.05) is 6.54 Å². The molecular formula is C16H19N3O. The van der Waals surface area contributed by atoms with Crippen LogP contribution in [0.4, 0.5) is 0 Å². The van der Waals surface area contributed by atoms with Crippen LogP contribution in [0.5, 0.6) is 0 Å². The van der Waals surface area contributed by atoms with Crippen LogP contribution in [0.2, 0.25) is 0 Å². The van der Waals surface area contributed by atoms with Crippen LogP contribution in [0.3, 0.4) is 0 Å². The number of para-hydroxylation sites is 1. The Morgan fingerprint density at radius 3 is 2.90 bits per heavy atom. The number of aromatic nitrogens is 2. The van der Waals surface area contributed by atoms with E-state index in [1.807, 2.05) is 13.0 Å². The van der Waals surface area contributed by atoms with Gasteiger partial charge >= 0.3 is 0 Å². The van der Waals surface area contributed by atoms with E-state index in [0.717, 1.165) is 24.5 Å². The van der Waals surface area contributed by atoms with Gasteiger partial charge in [0.15, 0.2) is 5.76 Å². The van der Waals surface area contributed by atoms with Gasteiger partial charge in [0.25, 0.3) is 0 Å². The maximum atomic E-state index is 5.32. The summed E-state index contributed by atoms with van der Waals surface area (Å²) in [6.07, 6.45) is 2.20. The van der Waals surface area contributed by atoms with Crippen molar-refractivity contribution in [1.29, 1.82) is 0 Å². The number of fused-ring (bicyclic) bond motifs is 1. The summed E-state index contributed by atoms with van der Waals surface area (Å²) in [7, 11) is 0. The van der Waals surface area contributed by atoms with Gasteiger partial charge < -0.3 is 14.4 Å². The summed E-state index contributed by atoms with van der Waals surface area (Å²) >= 11 is 0. The lowest BCUT2D eigenvalue weighted by Gasteiger charge is -2.01. The number of nitrogens with one attached hydrogen (secondary N) is 1. The summed E-state index contributed by atoms with van der Waals surface area (Å²) < 4.78 is 7.55. The largest absolute Gasteiger partial charge is 0.359 e. The van der Waals surface area contributed by atoms with Gasteiger partial charge in [0.2, 0.25) is 0 Å². The Hall–Kier alpha value is -2.07. The van der Waals surface area contributed by atoms with E-state index in [1.165, 1.54) is 16.5 Å². The number of benzene rings is 1. The van der Waals surface area contributed by atoms with E-state index in [1.54, 1.807) is 0 Å². The monoisotopic (exact) mass is 269 g/mol. The summed E-state index contributed by atoms with van der Waals surface area (Å²) in [5, 5.41) is 8.63. The minimum absolute atomic E-state index is 0.716. The first-order chi connectivity index (χ1) is 9.78. The van der Waals surface area contributed by atoms with E-state index in [4.69, 9.17) is 4.52 Å². The summed E-state index contributed by atoms with van der Waals surface area (Å²) in [5.74, 6) is 0.887. The normalized spacial score (nSPS) is 11.3. The average molecular weight is 269 g/mol. The van der Waals surface area contributed by atoms with Crippen LogP contribution in [-0.4, -0.2) is 16.3 Å². The van der Waals surface area contributed by atoms with Crippen molar-refractivity contribution in [2.24, 2.45) is 0 Å². The molecule has 104 valence electrons. The minimum Gasteiger partial charge on any atom is -0.359 e. The van der Waals surface area contributed by atoms with Crippen molar-refractivity contribution < 1.29 is 4.52 Å². The molecule has 0 saturated heterocycles. The Labute approximate surface area is 118 Å². The molecular weight excluding hydrogens is 250 g/mol. The number of hydrogen-bond donors (Lipinski definition) is 1. The van der Waals surface area contributed by atoms with Gasteiger partial charge in [-0.15, -0.1) is 0 Å². The number of rotatable bonds is 5. The van der Waals surface area contributed by atoms with Gasteiger partial charge in [-0.05, 0) is 25.1 Å². The zero-order valence-electron chi connectivity index (χ0n) is 11.9. The molecule has 0 aliphatic rings. The van der Waals surface area contributed by atoms with Crippen molar-refractivity contribution >= 4 is 10.9 Å². The minimum atomic E-state index is 0.716. The van der Waals surface area contributed by atoms with Crippen LogP contribution in [0, 0.1) is 6.92 Å². The highest BCUT2D eigenvalue weighted by atomic mass is 16.5. The molecule has 0 atom stereocenters. The quantitative estimate of drug-likeness (QED) is 0.774. The van der Waals surface area contributed by atoms with E-state index >= 15 is 0 Å². The van der Waals surface area contributed by atoms with Gasteiger partial charge in [-0.25, -0.2) is 0 Å². The molecule has 3 rings (SSSR count). The molecule has 0 spiro atoms. The lowest BCUT2D eigenvalue weighted by Crippen LogP contribution is -2.11. The van der Waals surface area contributed by atoms with Crippen molar-refractivity contribution in [3.63, 3.8) is 0 Å². The number of nitrogens with zero attached hydrogens (tertiary/aromatic N) is 2. The fourth-order valence-corrected chi connectivity index (χ4v) is 2.51. The molecule has 1 aromatic carbocycles.